The molecule has 20 heavy (non-hydrogen) atoms. The molecule has 0 bridgehead atoms. The fourth-order valence-electron chi connectivity index (χ4n) is 2.66. The smallest absolute Gasteiger partial charge is 0.190 e. The highest BCUT2D eigenvalue weighted by Gasteiger charge is 2.55. The SMILES string of the molecule is CC1(C)O[C@H]2O[C@H](CO)[C@@H](OCc3ccccc3)[C@H]2O1. The van der Waals surface area contributed by atoms with Gasteiger partial charge in [0.2, 0.25) is 0 Å². The van der Waals surface area contributed by atoms with E-state index in [2.05, 4.69) is 0 Å². The number of aliphatic hydroxyl groups is 1. The number of hydrogen-bond acceptors (Lipinski definition) is 5. The fourth-order valence-corrected chi connectivity index (χ4v) is 2.66. The number of ether oxygens (including phenoxy) is 4. The average molecular weight is 280 g/mol. The van der Waals surface area contributed by atoms with Crippen LogP contribution in [0.2, 0.25) is 0 Å². The van der Waals surface area contributed by atoms with Gasteiger partial charge >= 0.3 is 0 Å². The van der Waals surface area contributed by atoms with E-state index in [0.717, 1.165) is 5.56 Å². The van der Waals surface area contributed by atoms with Gasteiger partial charge in [0.25, 0.3) is 0 Å². The van der Waals surface area contributed by atoms with Gasteiger partial charge in [0.1, 0.15) is 18.3 Å². The molecule has 5 heteroatoms. The second-order valence-electron chi connectivity index (χ2n) is 5.59. The van der Waals surface area contributed by atoms with Crippen molar-refractivity contribution in [3.05, 3.63) is 35.9 Å². The van der Waals surface area contributed by atoms with E-state index in [1.807, 2.05) is 44.2 Å². The zero-order valence-electron chi connectivity index (χ0n) is 11.7. The lowest BCUT2D eigenvalue weighted by Crippen LogP contribution is -2.38. The highest BCUT2D eigenvalue weighted by Crippen LogP contribution is 2.38. The molecule has 110 valence electrons. The quantitative estimate of drug-likeness (QED) is 0.904. The molecule has 0 saturated carbocycles. The van der Waals surface area contributed by atoms with E-state index in [-0.39, 0.29) is 18.8 Å². The Morgan fingerprint density at radius 1 is 1.20 bits per heavy atom. The van der Waals surface area contributed by atoms with Crippen LogP contribution in [-0.4, -0.2) is 42.1 Å². The van der Waals surface area contributed by atoms with Crippen LogP contribution in [0.3, 0.4) is 0 Å². The average Bonchev–Trinajstić information content (AvgIpc) is 2.89. The van der Waals surface area contributed by atoms with E-state index >= 15 is 0 Å². The summed E-state index contributed by atoms with van der Waals surface area (Å²) in [6.07, 6.45) is -1.51. The summed E-state index contributed by atoms with van der Waals surface area (Å²) in [5.74, 6) is -0.676. The van der Waals surface area contributed by atoms with Crippen LogP contribution in [0.15, 0.2) is 30.3 Å². The first-order valence-electron chi connectivity index (χ1n) is 6.86. The molecule has 2 saturated heterocycles. The highest BCUT2D eigenvalue weighted by atomic mass is 16.8. The summed E-state index contributed by atoms with van der Waals surface area (Å²) in [5, 5.41) is 9.40. The molecule has 0 unspecified atom stereocenters. The van der Waals surface area contributed by atoms with Gasteiger partial charge in [-0.25, -0.2) is 0 Å². The van der Waals surface area contributed by atoms with Crippen molar-refractivity contribution in [2.45, 2.75) is 50.8 Å². The number of aliphatic hydroxyl groups excluding tert-OH is 1. The van der Waals surface area contributed by atoms with Gasteiger partial charge in [0.05, 0.1) is 13.2 Å². The van der Waals surface area contributed by atoms with Gasteiger partial charge in [-0.1, -0.05) is 30.3 Å². The molecule has 1 aromatic rings. The normalized spacial score (nSPS) is 35.1. The second kappa shape index (κ2) is 5.42. The monoisotopic (exact) mass is 280 g/mol. The molecule has 1 N–H and O–H groups in total. The highest BCUT2D eigenvalue weighted by molar-refractivity contribution is 5.13. The molecule has 2 fully saturated rings. The molecule has 0 radical (unpaired) electrons. The number of hydrogen-bond donors (Lipinski definition) is 1. The molecule has 4 atom stereocenters. The summed E-state index contributed by atoms with van der Waals surface area (Å²) >= 11 is 0. The van der Waals surface area contributed by atoms with Crippen molar-refractivity contribution >= 4 is 0 Å². The molecule has 0 aromatic heterocycles. The molecule has 1 aromatic carbocycles. The molecule has 0 spiro atoms. The summed E-state index contributed by atoms with van der Waals surface area (Å²) in [7, 11) is 0. The van der Waals surface area contributed by atoms with Crippen LogP contribution >= 0.6 is 0 Å². The van der Waals surface area contributed by atoms with Gasteiger partial charge in [0.15, 0.2) is 12.1 Å². The zero-order valence-corrected chi connectivity index (χ0v) is 11.7. The predicted molar refractivity (Wildman–Crippen MR) is 70.8 cm³/mol. The lowest BCUT2D eigenvalue weighted by atomic mass is 10.1. The fraction of sp³-hybridized carbons (Fsp3) is 0.600. The van der Waals surface area contributed by atoms with Crippen molar-refractivity contribution < 1.29 is 24.1 Å². The predicted octanol–water partition coefficient (Wildman–Crippen LogP) is 1.44. The lowest BCUT2D eigenvalue weighted by Gasteiger charge is -2.25. The Kier molecular flexibility index (Phi) is 3.79. The van der Waals surface area contributed by atoms with Crippen LogP contribution in [-0.2, 0) is 25.6 Å². The minimum Gasteiger partial charge on any atom is -0.394 e. The third-order valence-corrected chi connectivity index (χ3v) is 3.55. The number of benzene rings is 1. The van der Waals surface area contributed by atoms with Crippen molar-refractivity contribution in [2.75, 3.05) is 6.61 Å². The molecular formula is C15H20O5. The first kappa shape index (κ1) is 14.0. The minimum atomic E-state index is -0.676. The summed E-state index contributed by atoms with van der Waals surface area (Å²) in [6, 6.07) is 9.89. The van der Waals surface area contributed by atoms with Crippen LogP contribution in [0.1, 0.15) is 19.4 Å². The molecule has 2 aliphatic heterocycles. The van der Waals surface area contributed by atoms with Gasteiger partial charge in [-0.05, 0) is 19.4 Å². The van der Waals surface area contributed by atoms with Crippen LogP contribution in [0.25, 0.3) is 0 Å². The Morgan fingerprint density at radius 3 is 2.65 bits per heavy atom. The molecule has 0 amide bonds. The standard InChI is InChI=1S/C15H20O5/c1-15(2)19-13-12(11(8-16)18-14(13)20-15)17-9-10-6-4-3-5-7-10/h3-7,11-14,16H,8-9H2,1-2H3/t11-,12-,13-,14-/m1/s1. The molecule has 3 rings (SSSR count). The van der Waals surface area contributed by atoms with Crippen molar-refractivity contribution in [2.24, 2.45) is 0 Å². The van der Waals surface area contributed by atoms with Gasteiger partial charge < -0.3 is 24.1 Å². The molecule has 2 heterocycles. The molecular weight excluding hydrogens is 260 g/mol. The van der Waals surface area contributed by atoms with Crippen molar-refractivity contribution in [3.63, 3.8) is 0 Å². The Balaban J connectivity index is 1.67. The first-order chi connectivity index (χ1) is 9.59. The molecule has 0 aliphatic carbocycles. The summed E-state index contributed by atoms with van der Waals surface area (Å²) in [4.78, 5) is 0. The van der Waals surface area contributed by atoms with Crippen molar-refractivity contribution in [1.29, 1.82) is 0 Å². The maximum Gasteiger partial charge on any atom is 0.190 e. The van der Waals surface area contributed by atoms with Crippen LogP contribution in [0.5, 0.6) is 0 Å². The van der Waals surface area contributed by atoms with Crippen LogP contribution in [0, 0.1) is 0 Å². The van der Waals surface area contributed by atoms with Gasteiger partial charge in [-0.3, -0.25) is 0 Å². The van der Waals surface area contributed by atoms with E-state index in [0.29, 0.717) is 6.61 Å². The topological polar surface area (TPSA) is 57.2 Å². The van der Waals surface area contributed by atoms with E-state index in [1.54, 1.807) is 0 Å². The lowest BCUT2D eigenvalue weighted by molar-refractivity contribution is -0.222. The maximum atomic E-state index is 9.40. The third kappa shape index (κ3) is 2.73. The summed E-state index contributed by atoms with van der Waals surface area (Å²) in [5.41, 5.74) is 1.07. The molecule has 5 nitrogen and oxygen atoms in total. The van der Waals surface area contributed by atoms with Crippen LogP contribution in [0.4, 0.5) is 0 Å². The number of rotatable bonds is 4. The minimum absolute atomic E-state index is 0.112. The summed E-state index contributed by atoms with van der Waals surface area (Å²) < 4.78 is 23.0. The van der Waals surface area contributed by atoms with E-state index in [4.69, 9.17) is 18.9 Å². The zero-order chi connectivity index (χ0) is 14.2. The summed E-state index contributed by atoms with van der Waals surface area (Å²) in [6.45, 7) is 4.03. The van der Waals surface area contributed by atoms with Crippen molar-refractivity contribution in [3.8, 4) is 0 Å². The van der Waals surface area contributed by atoms with E-state index in [1.165, 1.54) is 0 Å². The van der Waals surface area contributed by atoms with Gasteiger partial charge in [0, 0.05) is 0 Å². The molecule has 2 aliphatic rings. The van der Waals surface area contributed by atoms with E-state index in [9.17, 15) is 5.11 Å². The van der Waals surface area contributed by atoms with Crippen LogP contribution < -0.4 is 0 Å². The van der Waals surface area contributed by atoms with Gasteiger partial charge in [-0.15, -0.1) is 0 Å². The Bertz CT molecular complexity index is 447. The second-order valence-corrected chi connectivity index (χ2v) is 5.59. The number of fused-ring (bicyclic) bond motifs is 1. The van der Waals surface area contributed by atoms with Crippen molar-refractivity contribution in [1.82, 2.24) is 0 Å². The Labute approximate surface area is 118 Å². The largest absolute Gasteiger partial charge is 0.394 e. The Morgan fingerprint density at radius 2 is 1.95 bits per heavy atom. The van der Waals surface area contributed by atoms with Gasteiger partial charge in [-0.2, -0.15) is 0 Å². The Hall–Kier alpha value is -0.980. The third-order valence-electron chi connectivity index (χ3n) is 3.55. The first-order valence-corrected chi connectivity index (χ1v) is 6.86. The maximum absolute atomic E-state index is 9.40. The van der Waals surface area contributed by atoms with E-state index < -0.39 is 18.2 Å².